The molecule has 0 N–H and O–H groups in total. The van der Waals surface area contributed by atoms with Gasteiger partial charge < -0.3 is 4.90 Å². The highest BCUT2D eigenvalue weighted by Crippen LogP contribution is 2.61. The van der Waals surface area contributed by atoms with Crippen LogP contribution in [0.2, 0.25) is 0 Å². The Balaban J connectivity index is 0.000000115. The largest absolute Gasteiger partial charge is 0.310 e. The van der Waals surface area contributed by atoms with E-state index in [0.29, 0.717) is 34.9 Å². The maximum absolute atomic E-state index is 4.99. The van der Waals surface area contributed by atoms with E-state index in [1.54, 1.807) is 0 Å². The lowest BCUT2D eigenvalue weighted by Gasteiger charge is -2.49. The number of rotatable bonds is 11. The summed E-state index contributed by atoms with van der Waals surface area (Å²) in [5.41, 5.74) is 35.3. The van der Waals surface area contributed by atoms with Crippen molar-refractivity contribution < 1.29 is 0 Å². The van der Waals surface area contributed by atoms with Crippen LogP contribution in [0.15, 0.2) is 443 Å². The van der Waals surface area contributed by atoms with Crippen LogP contribution in [0, 0.1) is 0 Å². The van der Waals surface area contributed by atoms with Crippen molar-refractivity contribution in [3.8, 4) is 135 Å². The van der Waals surface area contributed by atoms with E-state index < -0.39 is 0 Å². The fraction of sp³-hybridized carbons (Fsp3) is 0.149. The first-order valence-corrected chi connectivity index (χ1v) is 52.0. The Bertz CT molecular complexity index is 9160. The fourth-order valence-corrected chi connectivity index (χ4v) is 24.2. The molecule has 23 aromatic rings. The lowest BCUT2D eigenvalue weighted by Crippen LogP contribution is -2.43. The van der Waals surface area contributed by atoms with Crippen LogP contribution in [-0.4, -0.2) is 29.9 Å². The molecule has 0 radical (unpaired) electrons. The number of para-hydroxylation sites is 1. The zero-order chi connectivity index (χ0) is 101. The molecular formula is C141H115N7. The average molecular weight is 1910 g/mol. The zero-order valence-electron chi connectivity index (χ0n) is 86.3. The highest BCUT2D eigenvalue weighted by atomic mass is 15.1. The molecule has 148 heavy (non-hydrogen) atoms. The van der Waals surface area contributed by atoms with E-state index in [-0.39, 0.29) is 37.9 Å². The highest BCUT2D eigenvalue weighted by Gasteiger charge is 2.50. The van der Waals surface area contributed by atoms with Crippen LogP contribution < -0.4 is 4.90 Å². The molecule has 27 rings (SSSR count). The molecule has 0 atom stereocenters. The molecule has 4 aliphatic carbocycles. The van der Waals surface area contributed by atoms with Crippen molar-refractivity contribution in [2.75, 3.05) is 4.90 Å². The molecule has 0 aliphatic heterocycles. The van der Waals surface area contributed by atoms with E-state index in [0.717, 1.165) is 44.6 Å². The average Bonchev–Trinajstić information content (AvgIpc) is 1.08. The number of nitrogens with zero attached hydrogens (tertiary/aromatic N) is 7. The fourth-order valence-electron chi connectivity index (χ4n) is 24.2. The summed E-state index contributed by atoms with van der Waals surface area (Å²) in [5, 5.41) is 15.7. The second kappa shape index (κ2) is 35.2. The third-order valence-electron chi connectivity index (χ3n) is 34.7. The minimum Gasteiger partial charge on any atom is -0.310 e. The van der Waals surface area contributed by atoms with Gasteiger partial charge in [-0.2, -0.15) is 0 Å². The van der Waals surface area contributed by atoms with Gasteiger partial charge in [0.05, 0.1) is 0 Å². The first-order valence-electron chi connectivity index (χ1n) is 52.0. The van der Waals surface area contributed by atoms with Crippen LogP contribution >= 0.6 is 0 Å². The van der Waals surface area contributed by atoms with E-state index >= 15 is 0 Å². The summed E-state index contributed by atoms with van der Waals surface area (Å²) in [6.07, 6.45) is 0. The molecule has 7 heteroatoms. The van der Waals surface area contributed by atoms with Crippen LogP contribution in [0.5, 0.6) is 0 Å². The summed E-state index contributed by atoms with van der Waals surface area (Å²) in [5.74, 6) is 3.98. The molecule has 21 aromatic carbocycles. The van der Waals surface area contributed by atoms with E-state index in [4.69, 9.17) is 29.9 Å². The Morgan fingerprint density at radius 1 is 0.149 bits per heavy atom. The van der Waals surface area contributed by atoms with Crippen LogP contribution in [-0.2, 0) is 37.9 Å². The summed E-state index contributed by atoms with van der Waals surface area (Å²) < 4.78 is 0. The normalized spacial score (nSPS) is 14.9. The summed E-state index contributed by atoms with van der Waals surface area (Å²) >= 11 is 0. The minimum atomic E-state index is -0.120. The van der Waals surface area contributed by atoms with Crippen molar-refractivity contribution in [1.82, 2.24) is 29.9 Å². The van der Waals surface area contributed by atoms with Gasteiger partial charge in [-0.15, -0.1) is 0 Å². The van der Waals surface area contributed by atoms with Crippen LogP contribution in [0.4, 0.5) is 17.1 Å². The molecule has 2 heterocycles. The molecule has 0 spiro atoms. The van der Waals surface area contributed by atoms with Crippen molar-refractivity contribution in [2.45, 2.75) is 135 Å². The van der Waals surface area contributed by atoms with Crippen LogP contribution in [0.3, 0.4) is 0 Å². The molecule has 0 saturated heterocycles. The summed E-state index contributed by atoms with van der Waals surface area (Å²) in [6, 6.07) is 160. The maximum atomic E-state index is 4.99. The van der Waals surface area contributed by atoms with Crippen LogP contribution in [0.25, 0.3) is 200 Å². The molecule has 7 nitrogen and oxygen atoms in total. The van der Waals surface area contributed by atoms with Gasteiger partial charge in [-0.25, -0.2) is 29.9 Å². The molecule has 0 unspecified atom stereocenters. The third-order valence-corrected chi connectivity index (χ3v) is 34.7. The topological polar surface area (TPSA) is 80.6 Å². The Morgan fingerprint density at radius 2 is 0.453 bits per heavy atom. The Morgan fingerprint density at radius 3 is 0.926 bits per heavy atom. The molecule has 714 valence electrons. The predicted octanol–water partition coefficient (Wildman–Crippen LogP) is 37.2. The maximum Gasteiger partial charge on any atom is 0.164 e. The number of hydrogen-bond donors (Lipinski definition) is 0. The van der Waals surface area contributed by atoms with E-state index in [1.165, 1.54) is 182 Å². The van der Waals surface area contributed by atoms with Crippen molar-refractivity contribution in [3.05, 3.63) is 487 Å². The third kappa shape index (κ3) is 15.1. The van der Waals surface area contributed by atoms with E-state index in [9.17, 15) is 0 Å². The monoisotopic (exact) mass is 1910 g/mol. The highest BCUT2D eigenvalue weighted by molar-refractivity contribution is 6.15. The molecule has 0 bridgehead atoms. The number of fused-ring (bicyclic) bond motifs is 22. The van der Waals surface area contributed by atoms with Gasteiger partial charge >= 0.3 is 0 Å². The summed E-state index contributed by atoms with van der Waals surface area (Å²) in [7, 11) is 0. The van der Waals surface area contributed by atoms with Gasteiger partial charge in [-0.3, -0.25) is 0 Å². The van der Waals surface area contributed by atoms with E-state index in [1.807, 2.05) is 121 Å². The van der Waals surface area contributed by atoms with Crippen molar-refractivity contribution in [1.29, 1.82) is 0 Å². The summed E-state index contributed by atoms with van der Waals surface area (Å²) in [6.45, 7) is 33.7. The standard InChI is InChI=1S/2C47H37N3.C47H41N/c1-46(2)41-28-34(24-25-38(41)40-27-35-23-22-30-14-11-12-21-37(30)39(35)29-42(40)47(46,3)4)33-19-13-20-36(26-33)45-49-43(31-15-7-5-8-16-31)48-44(50-45)32-17-9-6-10-18-32;1-46(2)41-28-35(25-26-38(41)40-27-36-24-21-31-13-11-12-18-37(31)39(36)29-42(40)47(46,3)4)30-19-22-34(23-20-30)45-49-43(32-14-7-5-8-15-32)48-44(50-45)33-16-9-6-10-17-33;1-45(2)40-19-13-12-18-36(40)37-24-21-32(28-42(37)45)48(31-15-8-7-9-16-31)33-22-25-39-43(29-33)47(5,6)46(3,4)41-27-26-35-34-17-11-10-14-30(34)20-23-38(35)44(39)41/h2*5-29H,1-4H3;7-29H,1-6H3. The zero-order valence-corrected chi connectivity index (χ0v) is 86.3. The van der Waals surface area contributed by atoms with Gasteiger partial charge in [0.15, 0.2) is 34.9 Å². The molecule has 0 saturated carbocycles. The van der Waals surface area contributed by atoms with Crippen LogP contribution in [0.1, 0.15) is 141 Å². The van der Waals surface area contributed by atoms with Gasteiger partial charge in [-0.05, 0) is 287 Å². The minimum absolute atomic E-state index is 0.0684. The first-order chi connectivity index (χ1) is 71.6. The Labute approximate surface area is 867 Å². The second-order valence-corrected chi connectivity index (χ2v) is 44.5. The number of benzene rings is 21. The SMILES string of the molecule is CC1(C)c2cc(-c3ccc(-c4nc(-c5ccccc5)nc(-c5ccccc5)n4)cc3)ccc2-c2cc3ccc4ccccc4c3cc2C1(C)C.CC1(C)c2cc(-c3cccc(-c4nc(-c5ccccc5)nc(-c5ccccc5)n4)c3)ccc2-c2cc3ccc4ccccc4c3cc2C1(C)C.CC1(C)c2ccccc2-c2ccc(N(c3ccccc3)c3ccc4c(c3)C(C)(C)C(C)(C)c3ccc5c(ccc6ccccc65)c3-4)cc21. The lowest BCUT2D eigenvalue weighted by atomic mass is 9.55. The molecule has 4 aliphatic rings. The van der Waals surface area contributed by atoms with E-state index in [2.05, 4.69) is 423 Å². The van der Waals surface area contributed by atoms with Crippen molar-refractivity contribution in [3.63, 3.8) is 0 Å². The van der Waals surface area contributed by atoms with Gasteiger partial charge in [0, 0.05) is 55.9 Å². The van der Waals surface area contributed by atoms with Crippen molar-refractivity contribution >= 4 is 81.7 Å². The number of aromatic nitrogens is 6. The molecule has 2 aromatic heterocycles. The first kappa shape index (κ1) is 92.1. The number of anilines is 3. The molecule has 0 fully saturated rings. The second-order valence-electron chi connectivity index (χ2n) is 44.5. The van der Waals surface area contributed by atoms with Gasteiger partial charge in [0.25, 0.3) is 0 Å². The van der Waals surface area contributed by atoms with Gasteiger partial charge in [0.2, 0.25) is 0 Å². The lowest BCUT2D eigenvalue weighted by molar-refractivity contribution is 0.299. The Hall–Kier alpha value is -17.0. The number of hydrogen-bond acceptors (Lipinski definition) is 7. The van der Waals surface area contributed by atoms with Gasteiger partial charge in [0.1, 0.15) is 0 Å². The van der Waals surface area contributed by atoms with Gasteiger partial charge in [-0.1, -0.05) is 461 Å². The molecule has 0 amide bonds. The smallest absolute Gasteiger partial charge is 0.164 e. The van der Waals surface area contributed by atoms with Crippen molar-refractivity contribution in [2.24, 2.45) is 0 Å². The molecular weight excluding hydrogens is 1790 g/mol. The summed E-state index contributed by atoms with van der Waals surface area (Å²) in [4.78, 5) is 32.0. The quantitative estimate of drug-likeness (QED) is 0.119. The Kier molecular flexibility index (Phi) is 21.9. The predicted molar refractivity (Wildman–Crippen MR) is 621 cm³/mol.